The van der Waals surface area contributed by atoms with Gasteiger partial charge in [-0.1, -0.05) is 62.4 Å². The molecule has 3 rings (SSSR count). The molecule has 4 nitrogen and oxygen atoms in total. The van der Waals surface area contributed by atoms with Crippen LogP contribution in [-0.4, -0.2) is 8.42 Å². The van der Waals surface area contributed by atoms with Gasteiger partial charge < -0.3 is 5.32 Å². The summed E-state index contributed by atoms with van der Waals surface area (Å²) in [6.45, 7) is 4.05. The minimum Gasteiger partial charge on any atom is -0.348 e. The van der Waals surface area contributed by atoms with Crippen molar-refractivity contribution in [1.82, 2.24) is 0 Å². The van der Waals surface area contributed by atoms with Crippen LogP contribution >= 0.6 is 11.8 Å². The lowest BCUT2D eigenvalue weighted by molar-refractivity contribution is 0.603. The smallest absolute Gasteiger partial charge is 0.219 e. The monoisotopic (exact) mass is 480 g/mol. The molecule has 0 bridgehead atoms. The Kier molecular flexibility index (Phi) is 8.32. The van der Waals surface area contributed by atoms with Crippen LogP contribution in [0.1, 0.15) is 30.5 Å². The third-order valence-electron chi connectivity index (χ3n) is 5.14. The van der Waals surface area contributed by atoms with Crippen LogP contribution in [0.3, 0.4) is 0 Å². The van der Waals surface area contributed by atoms with Crippen LogP contribution in [0.25, 0.3) is 0 Å². The first-order valence-electron chi connectivity index (χ1n) is 10.6. The fraction of sp³-hybridized carbons (Fsp3) is 0.192. The first-order valence-corrected chi connectivity index (χ1v) is 13.1. The first kappa shape index (κ1) is 24.6. The Morgan fingerprint density at radius 2 is 1.61 bits per heavy atom. The molecular weight excluding hydrogens is 455 g/mol. The molecule has 1 N–H and O–H groups in total. The highest BCUT2D eigenvalue weighted by molar-refractivity contribution is 8.04. The predicted octanol–water partition coefficient (Wildman–Crippen LogP) is 6.46. The molecule has 0 aliphatic carbocycles. The summed E-state index contributed by atoms with van der Waals surface area (Å²) >= 11 is 1.17. The summed E-state index contributed by atoms with van der Waals surface area (Å²) in [6.07, 6.45) is 1.48. The zero-order valence-electron chi connectivity index (χ0n) is 18.5. The molecule has 0 aliphatic rings. The second-order valence-corrected chi connectivity index (χ2v) is 10.2. The van der Waals surface area contributed by atoms with E-state index in [1.165, 1.54) is 36.0 Å². The van der Waals surface area contributed by atoms with Gasteiger partial charge in [-0.25, -0.2) is 12.8 Å². The summed E-state index contributed by atoms with van der Waals surface area (Å²) < 4.78 is 40.4. The number of nitrogens with one attached hydrogen (secondary N) is 1. The first-order chi connectivity index (χ1) is 15.9. The highest BCUT2D eigenvalue weighted by Gasteiger charge is 2.26. The summed E-state index contributed by atoms with van der Waals surface area (Å²) in [7, 11) is -4.06. The van der Waals surface area contributed by atoms with Gasteiger partial charge in [-0.05, 0) is 53.8 Å². The van der Waals surface area contributed by atoms with E-state index in [1.54, 1.807) is 30.3 Å². The molecular formula is C26H25FN2O2S2. The number of sulfone groups is 1. The molecule has 0 amide bonds. The molecule has 0 aliphatic heterocycles. The van der Waals surface area contributed by atoms with E-state index in [0.29, 0.717) is 11.3 Å². The molecule has 0 unspecified atom stereocenters. The maximum Gasteiger partial charge on any atom is 0.219 e. The van der Waals surface area contributed by atoms with Crippen molar-refractivity contribution in [1.29, 1.82) is 5.26 Å². The number of nitriles is 1. The number of rotatable bonds is 9. The quantitative estimate of drug-likeness (QED) is 0.356. The Hall–Kier alpha value is -3.08. The van der Waals surface area contributed by atoms with Crippen molar-refractivity contribution < 1.29 is 12.8 Å². The van der Waals surface area contributed by atoms with Crippen LogP contribution in [0, 0.1) is 17.1 Å². The third-order valence-corrected chi connectivity index (χ3v) is 8.07. The van der Waals surface area contributed by atoms with Gasteiger partial charge in [0.25, 0.3) is 0 Å². The summed E-state index contributed by atoms with van der Waals surface area (Å²) in [5, 5.41) is 13.5. The van der Waals surface area contributed by atoms with Crippen molar-refractivity contribution in [3.05, 3.63) is 105 Å². The lowest BCUT2D eigenvalue weighted by Gasteiger charge is -2.19. The number of aryl methyl sites for hydroxylation is 2. The van der Waals surface area contributed by atoms with Gasteiger partial charge in [-0.3, -0.25) is 0 Å². The molecule has 7 heteroatoms. The number of hydrogen-bond acceptors (Lipinski definition) is 5. The molecule has 0 radical (unpaired) electrons. The highest BCUT2D eigenvalue weighted by Crippen LogP contribution is 2.34. The SMILES string of the molecule is CCc1cccc(CC)c1N/C(SCc1cccc(F)c1)=C(/C#N)S(=O)(=O)c1ccccc1. The van der Waals surface area contributed by atoms with Crippen molar-refractivity contribution >= 4 is 27.3 Å². The maximum absolute atomic E-state index is 13.7. The van der Waals surface area contributed by atoms with E-state index in [-0.39, 0.29) is 20.6 Å². The summed E-state index contributed by atoms with van der Waals surface area (Å²) in [5.41, 5.74) is 3.54. The van der Waals surface area contributed by atoms with E-state index >= 15 is 0 Å². The number of nitrogens with zero attached hydrogens (tertiary/aromatic N) is 1. The standard InChI is InChI=1S/C26H25FN2O2S2/c1-3-20-11-9-12-21(4-2)25(20)29-26(32-18-19-10-8-13-22(27)16-19)24(17-28)33(30,31)23-14-6-5-7-15-23/h5-16,29H,3-4,18H2,1-2H3/b26-24+. The minimum absolute atomic E-state index is 0.0479. The Bertz CT molecular complexity index is 1280. The Labute approximate surface area is 199 Å². The second-order valence-electron chi connectivity index (χ2n) is 7.29. The van der Waals surface area contributed by atoms with Gasteiger partial charge in [-0.2, -0.15) is 5.26 Å². The Morgan fingerprint density at radius 1 is 0.970 bits per heavy atom. The van der Waals surface area contributed by atoms with E-state index in [4.69, 9.17) is 0 Å². The van der Waals surface area contributed by atoms with Gasteiger partial charge in [0.2, 0.25) is 9.84 Å². The van der Waals surface area contributed by atoms with Crippen LogP contribution in [0.2, 0.25) is 0 Å². The zero-order chi connectivity index (χ0) is 23.8. The average Bonchev–Trinajstić information content (AvgIpc) is 2.83. The molecule has 170 valence electrons. The second kappa shape index (κ2) is 11.2. The topological polar surface area (TPSA) is 70.0 Å². The van der Waals surface area contributed by atoms with E-state index in [9.17, 15) is 18.1 Å². The largest absolute Gasteiger partial charge is 0.348 e. The minimum atomic E-state index is -4.06. The molecule has 0 fully saturated rings. The zero-order valence-corrected chi connectivity index (χ0v) is 20.1. The average molecular weight is 481 g/mol. The summed E-state index contributed by atoms with van der Waals surface area (Å²) in [4.78, 5) is -0.310. The van der Waals surface area contributed by atoms with Gasteiger partial charge in [0.1, 0.15) is 16.9 Å². The number of thioether (sulfide) groups is 1. The number of allylic oxidation sites excluding steroid dienone is 1. The number of hydrogen-bond donors (Lipinski definition) is 1. The van der Waals surface area contributed by atoms with E-state index in [0.717, 1.165) is 29.7 Å². The molecule has 0 aromatic heterocycles. The highest BCUT2D eigenvalue weighted by atomic mass is 32.2. The van der Waals surface area contributed by atoms with Crippen LogP contribution in [0.4, 0.5) is 10.1 Å². The molecule has 3 aromatic rings. The normalized spacial score (nSPS) is 12.1. The predicted molar refractivity (Wildman–Crippen MR) is 133 cm³/mol. The van der Waals surface area contributed by atoms with E-state index < -0.39 is 9.84 Å². The Balaban J connectivity index is 2.13. The fourth-order valence-electron chi connectivity index (χ4n) is 3.41. The van der Waals surface area contributed by atoms with Crippen molar-refractivity contribution in [3.63, 3.8) is 0 Å². The van der Waals surface area contributed by atoms with Gasteiger partial charge in [0, 0.05) is 11.4 Å². The van der Waals surface area contributed by atoms with Gasteiger partial charge in [-0.15, -0.1) is 11.8 Å². The molecule has 33 heavy (non-hydrogen) atoms. The lowest BCUT2D eigenvalue weighted by atomic mass is 10.0. The Morgan fingerprint density at radius 3 is 2.18 bits per heavy atom. The number of anilines is 1. The van der Waals surface area contributed by atoms with Crippen LogP contribution in [0.5, 0.6) is 0 Å². The third kappa shape index (κ3) is 5.84. The molecule has 0 atom stereocenters. The number of halogens is 1. The molecule has 0 spiro atoms. The van der Waals surface area contributed by atoms with Gasteiger partial charge in [0.05, 0.1) is 4.90 Å². The summed E-state index contributed by atoms with van der Waals surface area (Å²) in [6, 6.07) is 21.9. The van der Waals surface area contributed by atoms with Crippen LogP contribution < -0.4 is 5.32 Å². The van der Waals surface area contributed by atoms with E-state index in [1.807, 2.05) is 38.1 Å². The summed E-state index contributed by atoms with van der Waals surface area (Å²) in [5.74, 6) is -0.0701. The molecule has 0 saturated carbocycles. The van der Waals surface area contributed by atoms with Crippen molar-refractivity contribution in [2.75, 3.05) is 5.32 Å². The lowest BCUT2D eigenvalue weighted by Crippen LogP contribution is -2.12. The van der Waals surface area contributed by atoms with Crippen molar-refractivity contribution in [2.45, 2.75) is 37.3 Å². The fourth-order valence-corrected chi connectivity index (χ4v) is 5.92. The van der Waals surface area contributed by atoms with Gasteiger partial charge in [0.15, 0.2) is 4.91 Å². The number of benzene rings is 3. The molecule has 3 aromatic carbocycles. The maximum atomic E-state index is 13.7. The van der Waals surface area contributed by atoms with Crippen molar-refractivity contribution in [2.24, 2.45) is 0 Å². The van der Waals surface area contributed by atoms with Gasteiger partial charge >= 0.3 is 0 Å². The molecule has 0 saturated heterocycles. The molecule has 0 heterocycles. The number of para-hydroxylation sites is 1. The van der Waals surface area contributed by atoms with Crippen LogP contribution in [0.15, 0.2) is 87.6 Å². The van der Waals surface area contributed by atoms with Crippen LogP contribution in [-0.2, 0) is 28.4 Å². The van der Waals surface area contributed by atoms with E-state index in [2.05, 4.69) is 5.32 Å². The van der Waals surface area contributed by atoms with Crippen molar-refractivity contribution in [3.8, 4) is 6.07 Å².